The number of sulfone groups is 1. The van der Waals surface area contributed by atoms with Crippen LogP contribution in [0.3, 0.4) is 0 Å². The van der Waals surface area contributed by atoms with E-state index in [0.29, 0.717) is 23.7 Å². The Hall–Kier alpha value is -3.07. The summed E-state index contributed by atoms with van der Waals surface area (Å²) in [6, 6.07) is 12.2. The minimum atomic E-state index is -4.03. The molecule has 0 aliphatic rings. The smallest absolute Gasteiger partial charge is 0.242 e. The molecule has 0 aliphatic heterocycles. The van der Waals surface area contributed by atoms with Gasteiger partial charge in [-0.05, 0) is 61.9 Å². The summed E-state index contributed by atoms with van der Waals surface area (Å²) in [6.07, 6.45) is 0.0165. The number of phenols is 1. The topological polar surface area (TPSA) is 122 Å². The number of amides is 2. The first-order valence-corrected chi connectivity index (χ1v) is 10.8. The van der Waals surface area contributed by atoms with Crippen LogP contribution in [-0.2, 0) is 19.4 Å². The number of hydrogen-bond donors (Lipinski definition) is 3. The zero-order valence-electron chi connectivity index (χ0n) is 16.2. The van der Waals surface area contributed by atoms with Crippen LogP contribution in [0.2, 0.25) is 0 Å². The van der Waals surface area contributed by atoms with E-state index in [1.54, 1.807) is 31.2 Å². The van der Waals surface area contributed by atoms with E-state index in [-0.39, 0.29) is 12.2 Å². The van der Waals surface area contributed by atoms with Gasteiger partial charge in [0.05, 0.1) is 6.61 Å². The SMILES string of the molecule is CCOc1ccc(NC(=O)CS(=O)(=O)C(CC)C(=O)Nc2ccc(O)cc2)cc1. The Labute approximate surface area is 169 Å². The van der Waals surface area contributed by atoms with Crippen molar-refractivity contribution in [2.24, 2.45) is 0 Å². The number of rotatable bonds is 9. The van der Waals surface area contributed by atoms with Gasteiger partial charge in [0.1, 0.15) is 22.5 Å². The Morgan fingerprint density at radius 3 is 2.07 bits per heavy atom. The van der Waals surface area contributed by atoms with Gasteiger partial charge in [-0.1, -0.05) is 6.92 Å². The van der Waals surface area contributed by atoms with Crippen molar-refractivity contribution in [3.05, 3.63) is 48.5 Å². The molecule has 2 amide bonds. The molecule has 0 radical (unpaired) electrons. The second kappa shape index (κ2) is 9.92. The van der Waals surface area contributed by atoms with E-state index in [1.807, 2.05) is 6.92 Å². The van der Waals surface area contributed by atoms with E-state index in [4.69, 9.17) is 4.74 Å². The first kappa shape index (κ1) is 22.2. The van der Waals surface area contributed by atoms with Crippen LogP contribution in [0.1, 0.15) is 20.3 Å². The van der Waals surface area contributed by atoms with Gasteiger partial charge in [0.2, 0.25) is 11.8 Å². The molecule has 0 spiro atoms. The lowest BCUT2D eigenvalue weighted by atomic mass is 10.2. The molecule has 0 aliphatic carbocycles. The Kier molecular flexibility index (Phi) is 7.60. The monoisotopic (exact) mass is 420 g/mol. The van der Waals surface area contributed by atoms with E-state index in [1.165, 1.54) is 24.3 Å². The van der Waals surface area contributed by atoms with Crippen LogP contribution < -0.4 is 15.4 Å². The van der Waals surface area contributed by atoms with Crippen LogP contribution in [0.15, 0.2) is 48.5 Å². The molecule has 156 valence electrons. The fraction of sp³-hybridized carbons (Fsp3) is 0.300. The third kappa shape index (κ3) is 6.49. The largest absolute Gasteiger partial charge is 0.508 e. The zero-order valence-corrected chi connectivity index (χ0v) is 17.0. The van der Waals surface area contributed by atoms with Crippen LogP contribution in [0.4, 0.5) is 11.4 Å². The van der Waals surface area contributed by atoms with Gasteiger partial charge in [0.15, 0.2) is 9.84 Å². The number of phenolic OH excluding ortho intramolecular Hbond substituents is 1. The summed E-state index contributed by atoms with van der Waals surface area (Å²) < 4.78 is 30.5. The second-order valence-electron chi connectivity index (χ2n) is 6.25. The maximum Gasteiger partial charge on any atom is 0.242 e. The van der Waals surface area contributed by atoms with Gasteiger partial charge in [0.25, 0.3) is 0 Å². The number of benzene rings is 2. The average molecular weight is 420 g/mol. The number of carbonyl (C=O) groups excluding carboxylic acids is 2. The fourth-order valence-corrected chi connectivity index (χ4v) is 4.18. The molecule has 2 rings (SSSR count). The maximum atomic E-state index is 12.6. The molecule has 1 atom stereocenters. The van der Waals surface area contributed by atoms with Crippen LogP contribution in [0.5, 0.6) is 11.5 Å². The van der Waals surface area contributed by atoms with Crippen LogP contribution in [-0.4, -0.2) is 42.9 Å². The summed E-state index contributed by atoms with van der Waals surface area (Å²) in [4.78, 5) is 24.6. The predicted octanol–water partition coefficient (Wildman–Crippen LogP) is 2.56. The number of anilines is 2. The Morgan fingerprint density at radius 1 is 0.966 bits per heavy atom. The highest BCUT2D eigenvalue weighted by atomic mass is 32.2. The Bertz CT molecular complexity index is 940. The zero-order chi connectivity index (χ0) is 21.4. The molecule has 2 aromatic rings. The lowest BCUT2D eigenvalue weighted by molar-refractivity contribution is -0.115. The lowest BCUT2D eigenvalue weighted by Crippen LogP contribution is -2.39. The Balaban J connectivity index is 2.01. The molecule has 0 saturated carbocycles. The molecule has 0 saturated heterocycles. The molecule has 0 aromatic heterocycles. The molecule has 2 aromatic carbocycles. The van der Waals surface area contributed by atoms with Crippen molar-refractivity contribution in [2.45, 2.75) is 25.5 Å². The summed E-state index contributed by atoms with van der Waals surface area (Å²) in [7, 11) is -4.03. The third-order valence-electron chi connectivity index (χ3n) is 4.01. The van der Waals surface area contributed by atoms with Gasteiger partial charge in [-0.2, -0.15) is 0 Å². The summed E-state index contributed by atoms with van der Waals surface area (Å²) in [5.41, 5.74) is 0.774. The van der Waals surface area contributed by atoms with Crippen molar-refractivity contribution in [1.82, 2.24) is 0 Å². The van der Waals surface area contributed by atoms with Crippen molar-refractivity contribution in [3.8, 4) is 11.5 Å². The van der Waals surface area contributed by atoms with Crippen molar-refractivity contribution < 1.29 is 27.9 Å². The molecule has 9 heteroatoms. The number of aromatic hydroxyl groups is 1. The standard InChI is InChI=1S/C20H24N2O6S/c1-3-18(20(25)22-15-5-9-16(23)10-6-15)29(26,27)13-19(24)21-14-7-11-17(12-8-14)28-4-2/h5-12,18,23H,3-4,13H2,1-2H3,(H,21,24)(H,22,25). The third-order valence-corrected chi connectivity index (χ3v) is 6.09. The van der Waals surface area contributed by atoms with Crippen molar-refractivity contribution in [1.29, 1.82) is 0 Å². The van der Waals surface area contributed by atoms with E-state index < -0.39 is 32.7 Å². The number of ether oxygens (including phenoxy) is 1. The molecule has 0 fully saturated rings. The second-order valence-corrected chi connectivity index (χ2v) is 8.43. The van der Waals surface area contributed by atoms with Crippen molar-refractivity contribution >= 4 is 33.0 Å². The predicted molar refractivity (Wildman–Crippen MR) is 111 cm³/mol. The summed E-state index contributed by atoms with van der Waals surface area (Å²) in [5, 5.41) is 12.9. The number of nitrogens with one attached hydrogen (secondary N) is 2. The van der Waals surface area contributed by atoms with E-state index >= 15 is 0 Å². The number of hydrogen-bond acceptors (Lipinski definition) is 6. The molecule has 8 nitrogen and oxygen atoms in total. The van der Waals surface area contributed by atoms with Gasteiger partial charge in [-0.3, -0.25) is 9.59 Å². The van der Waals surface area contributed by atoms with Crippen LogP contribution in [0, 0.1) is 0 Å². The van der Waals surface area contributed by atoms with Crippen LogP contribution in [0.25, 0.3) is 0 Å². The van der Waals surface area contributed by atoms with E-state index in [0.717, 1.165) is 0 Å². The van der Waals surface area contributed by atoms with Crippen molar-refractivity contribution in [3.63, 3.8) is 0 Å². The summed E-state index contributed by atoms with van der Waals surface area (Å²) >= 11 is 0. The van der Waals surface area contributed by atoms with Crippen LogP contribution >= 0.6 is 0 Å². The fourth-order valence-electron chi connectivity index (χ4n) is 2.65. The molecule has 3 N–H and O–H groups in total. The normalized spacial score (nSPS) is 12.1. The summed E-state index contributed by atoms with van der Waals surface area (Å²) in [6.45, 7) is 3.92. The lowest BCUT2D eigenvalue weighted by Gasteiger charge is -2.16. The highest BCUT2D eigenvalue weighted by molar-refractivity contribution is 7.93. The van der Waals surface area contributed by atoms with E-state index in [2.05, 4.69) is 10.6 Å². The molecule has 0 heterocycles. The summed E-state index contributed by atoms with van der Waals surface area (Å²) in [5.74, 6) is -1.62. The Morgan fingerprint density at radius 2 is 1.52 bits per heavy atom. The molecule has 0 bridgehead atoms. The van der Waals surface area contributed by atoms with E-state index in [9.17, 15) is 23.1 Å². The highest BCUT2D eigenvalue weighted by Gasteiger charge is 2.33. The molecule has 1 unspecified atom stereocenters. The quantitative estimate of drug-likeness (QED) is 0.536. The first-order chi connectivity index (χ1) is 13.7. The minimum absolute atomic E-state index is 0.0165. The van der Waals surface area contributed by atoms with Gasteiger partial charge < -0.3 is 20.5 Å². The van der Waals surface area contributed by atoms with Gasteiger partial charge >= 0.3 is 0 Å². The first-order valence-electron chi connectivity index (χ1n) is 9.09. The minimum Gasteiger partial charge on any atom is -0.508 e. The highest BCUT2D eigenvalue weighted by Crippen LogP contribution is 2.18. The van der Waals surface area contributed by atoms with Gasteiger partial charge in [0, 0.05) is 11.4 Å². The average Bonchev–Trinajstić information content (AvgIpc) is 2.65. The molecule has 29 heavy (non-hydrogen) atoms. The number of carbonyl (C=O) groups is 2. The van der Waals surface area contributed by atoms with Gasteiger partial charge in [-0.25, -0.2) is 8.42 Å². The molecular formula is C20H24N2O6S. The van der Waals surface area contributed by atoms with Crippen molar-refractivity contribution in [2.75, 3.05) is 23.0 Å². The molecular weight excluding hydrogens is 396 g/mol. The van der Waals surface area contributed by atoms with Gasteiger partial charge in [-0.15, -0.1) is 0 Å². The maximum absolute atomic E-state index is 12.6.